The van der Waals surface area contributed by atoms with Gasteiger partial charge in [-0.1, -0.05) is 0 Å². The highest BCUT2D eigenvalue weighted by atomic mass is 16.1. The highest BCUT2D eigenvalue weighted by molar-refractivity contribution is 5.87. The lowest BCUT2D eigenvalue weighted by Crippen LogP contribution is -2.69. The van der Waals surface area contributed by atoms with E-state index in [1.54, 1.807) is 6.92 Å². The standard InChI is InChI=1S/C6H12N2O/c1-5(9)6(7)3-8(2)4-6/h3-4,7H2,1-2H3. The van der Waals surface area contributed by atoms with Gasteiger partial charge in [-0.25, -0.2) is 0 Å². The van der Waals surface area contributed by atoms with E-state index in [0.29, 0.717) is 13.1 Å². The number of rotatable bonds is 1. The second kappa shape index (κ2) is 1.78. The number of likely N-dealkylation sites (N-methyl/N-ethyl adjacent to an activating group) is 1. The van der Waals surface area contributed by atoms with E-state index in [2.05, 4.69) is 0 Å². The molecule has 0 aromatic carbocycles. The van der Waals surface area contributed by atoms with Crippen molar-refractivity contribution in [1.82, 2.24) is 4.90 Å². The first kappa shape index (κ1) is 6.71. The van der Waals surface area contributed by atoms with Crippen molar-refractivity contribution in [2.75, 3.05) is 20.1 Å². The van der Waals surface area contributed by atoms with Gasteiger partial charge >= 0.3 is 0 Å². The van der Waals surface area contributed by atoms with E-state index in [9.17, 15) is 4.79 Å². The third-order valence-electron chi connectivity index (χ3n) is 1.81. The molecule has 1 aliphatic rings. The zero-order valence-electron chi connectivity index (χ0n) is 5.85. The lowest BCUT2D eigenvalue weighted by Gasteiger charge is -2.43. The highest BCUT2D eigenvalue weighted by Gasteiger charge is 2.41. The first-order chi connectivity index (χ1) is 4.04. The van der Waals surface area contributed by atoms with Crippen LogP contribution in [0.15, 0.2) is 0 Å². The van der Waals surface area contributed by atoms with E-state index in [4.69, 9.17) is 5.73 Å². The molecule has 0 spiro atoms. The molecule has 0 aromatic rings. The molecule has 3 nitrogen and oxygen atoms in total. The lowest BCUT2D eigenvalue weighted by atomic mass is 9.88. The van der Waals surface area contributed by atoms with Crippen LogP contribution in [0.2, 0.25) is 0 Å². The van der Waals surface area contributed by atoms with Crippen LogP contribution in [0.1, 0.15) is 6.92 Å². The van der Waals surface area contributed by atoms with Crippen molar-refractivity contribution in [3.05, 3.63) is 0 Å². The van der Waals surface area contributed by atoms with Crippen LogP contribution < -0.4 is 5.73 Å². The molecule has 0 amide bonds. The third kappa shape index (κ3) is 0.976. The number of ketones is 1. The summed E-state index contributed by atoms with van der Waals surface area (Å²) >= 11 is 0. The SMILES string of the molecule is CC(=O)C1(N)CN(C)C1. The second-order valence-electron chi connectivity index (χ2n) is 2.88. The molecule has 3 heteroatoms. The highest BCUT2D eigenvalue weighted by Crippen LogP contribution is 2.15. The summed E-state index contributed by atoms with van der Waals surface area (Å²) in [5.74, 6) is 0.0978. The first-order valence-corrected chi connectivity index (χ1v) is 3.03. The molecule has 2 N–H and O–H groups in total. The van der Waals surface area contributed by atoms with Crippen molar-refractivity contribution in [1.29, 1.82) is 0 Å². The van der Waals surface area contributed by atoms with E-state index in [-0.39, 0.29) is 5.78 Å². The van der Waals surface area contributed by atoms with Gasteiger partial charge in [0.15, 0.2) is 5.78 Å². The molecule has 1 fully saturated rings. The van der Waals surface area contributed by atoms with Gasteiger partial charge in [0.1, 0.15) is 5.54 Å². The number of nitrogens with zero attached hydrogens (tertiary/aromatic N) is 1. The zero-order chi connectivity index (χ0) is 7.07. The Morgan fingerprint density at radius 1 is 1.67 bits per heavy atom. The number of likely N-dealkylation sites (tertiary alicyclic amines) is 1. The van der Waals surface area contributed by atoms with Crippen LogP contribution in [0.3, 0.4) is 0 Å². The Kier molecular flexibility index (Phi) is 1.33. The predicted octanol–water partition coefficient (Wildman–Crippen LogP) is -0.782. The van der Waals surface area contributed by atoms with Gasteiger partial charge in [0.2, 0.25) is 0 Å². The average Bonchev–Trinajstić information content (AvgIpc) is 1.62. The van der Waals surface area contributed by atoms with E-state index in [1.807, 2.05) is 11.9 Å². The van der Waals surface area contributed by atoms with Gasteiger partial charge in [0.25, 0.3) is 0 Å². The lowest BCUT2D eigenvalue weighted by molar-refractivity contribution is -0.127. The molecule has 0 saturated carbocycles. The van der Waals surface area contributed by atoms with Crippen LogP contribution >= 0.6 is 0 Å². The molecule has 1 rings (SSSR count). The number of carbonyl (C=O) groups excluding carboxylic acids is 1. The fourth-order valence-corrected chi connectivity index (χ4v) is 1.14. The average molecular weight is 128 g/mol. The van der Waals surface area contributed by atoms with Crippen LogP contribution in [0, 0.1) is 0 Å². The van der Waals surface area contributed by atoms with Crippen LogP contribution in [0.4, 0.5) is 0 Å². The number of hydrogen-bond acceptors (Lipinski definition) is 3. The van der Waals surface area contributed by atoms with E-state index < -0.39 is 5.54 Å². The first-order valence-electron chi connectivity index (χ1n) is 3.03. The maximum atomic E-state index is 10.7. The van der Waals surface area contributed by atoms with Crippen molar-refractivity contribution in [2.45, 2.75) is 12.5 Å². The van der Waals surface area contributed by atoms with Gasteiger partial charge in [-0.3, -0.25) is 4.79 Å². The minimum absolute atomic E-state index is 0.0978. The van der Waals surface area contributed by atoms with E-state index >= 15 is 0 Å². The second-order valence-corrected chi connectivity index (χ2v) is 2.88. The van der Waals surface area contributed by atoms with E-state index in [1.165, 1.54) is 0 Å². The summed E-state index contributed by atoms with van der Waals surface area (Å²) < 4.78 is 0. The molecule has 1 aliphatic heterocycles. The maximum absolute atomic E-state index is 10.7. The van der Waals surface area contributed by atoms with Gasteiger partial charge in [0.05, 0.1) is 0 Å². The third-order valence-corrected chi connectivity index (χ3v) is 1.81. The topological polar surface area (TPSA) is 46.3 Å². The Bertz CT molecular complexity index is 138. The van der Waals surface area contributed by atoms with Gasteiger partial charge in [-0.05, 0) is 14.0 Å². The van der Waals surface area contributed by atoms with Crippen LogP contribution in [0.5, 0.6) is 0 Å². The molecular formula is C6H12N2O. The van der Waals surface area contributed by atoms with Gasteiger partial charge in [-0.2, -0.15) is 0 Å². The Hall–Kier alpha value is -0.410. The summed E-state index contributed by atoms with van der Waals surface area (Å²) in [4.78, 5) is 12.8. The summed E-state index contributed by atoms with van der Waals surface area (Å²) in [5, 5.41) is 0. The largest absolute Gasteiger partial charge is 0.317 e. The number of hydrogen-bond donors (Lipinski definition) is 1. The smallest absolute Gasteiger partial charge is 0.152 e. The Morgan fingerprint density at radius 3 is 2.22 bits per heavy atom. The molecule has 0 aromatic heterocycles. The van der Waals surface area contributed by atoms with Crippen molar-refractivity contribution in [2.24, 2.45) is 5.73 Å². The van der Waals surface area contributed by atoms with Crippen molar-refractivity contribution >= 4 is 5.78 Å². The number of Topliss-reactive ketones (excluding diaryl/α,β-unsaturated/α-hetero) is 1. The molecule has 52 valence electrons. The van der Waals surface area contributed by atoms with Gasteiger partial charge in [-0.15, -0.1) is 0 Å². The van der Waals surface area contributed by atoms with Crippen LogP contribution in [-0.2, 0) is 4.79 Å². The van der Waals surface area contributed by atoms with Gasteiger partial charge in [0, 0.05) is 13.1 Å². The zero-order valence-corrected chi connectivity index (χ0v) is 5.85. The fraction of sp³-hybridized carbons (Fsp3) is 0.833. The fourth-order valence-electron chi connectivity index (χ4n) is 1.14. The van der Waals surface area contributed by atoms with Gasteiger partial charge < -0.3 is 10.6 Å². The summed E-state index contributed by atoms with van der Waals surface area (Å²) in [7, 11) is 1.95. The molecule has 0 aliphatic carbocycles. The van der Waals surface area contributed by atoms with Crippen molar-refractivity contribution in [3.63, 3.8) is 0 Å². The summed E-state index contributed by atoms with van der Waals surface area (Å²) in [6.45, 7) is 2.97. The summed E-state index contributed by atoms with van der Waals surface area (Å²) in [6, 6.07) is 0. The normalized spacial score (nSPS) is 25.2. The summed E-state index contributed by atoms with van der Waals surface area (Å²) in [5.41, 5.74) is 5.13. The van der Waals surface area contributed by atoms with Crippen LogP contribution in [-0.4, -0.2) is 36.4 Å². The van der Waals surface area contributed by atoms with Crippen LogP contribution in [0.25, 0.3) is 0 Å². The molecule has 0 bridgehead atoms. The predicted molar refractivity (Wildman–Crippen MR) is 35.1 cm³/mol. The minimum Gasteiger partial charge on any atom is -0.317 e. The molecule has 1 saturated heterocycles. The Balaban J connectivity index is 2.50. The van der Waals surface area contributed by atoms with Crippen molar-refractivity contribution < 1.29 is 4.79 Å². The number of nitrogens with two attached hydrogens (primary N) is 1. The quantitative estimate of drug-likeness (QED) is 0.504. The maximum Gasteiger partial charge on any atom is 0.152 e. The Morgan fingerprint density at radius 2 is 2.11 bits per heavy atom. The minimum atomic E-state index is -0.519. The van der Waals surface area contributed by atoms with E-state index in [0.717, 1.165) is 0 Å². The molecule has 9 heavy (non-hydrogen) atoms. The molecule has 0 atom stereocenters. The molecule has 1 heterocycles. The molecule has 0 radical (unpaired) electrons. The molecular weight excluding hydrogens is 116 g/mol. The van der Waals surface area contributed by atoms with Crippen molar-refractivity contribution in [3.8, 4) is 0 Å². The summed E-state index contributed by atoms with van der Waals surface area (Å²) in [6.07, 6.45) is 0. The molecule has 0 unspecified atom stereocenters. The number of carbonyl (C=O) groups is 1. The Labute approximate surface area is 54.8 Å². The monoisotopic (exact) mass is 128 g/mol.